The van der Waals surface area contributed by atoms with E-state index >= 15 is 0 Å². The smallest absolute Gasteiger partial charge is 0.339 e. The lowest BCUT2D eigenvalue weighted by Gasteiger charge is -2.12. The Hall–Kier alpha value is -1.99. The summed E-state index contributed by atoms with van der Waals surface area (Å²) < 4.78 is 66.1. The van der Waals surface area contributed by atoms with Gasteiger partial charge in [0.2, 0.25) is 17.4 Å². The van der Waals surface area contributed by atoms with Crippen LogP contribution in [0.1, 0.15) is 46.4 Å². The first kappa shape index (κ1) is 27.3. The van der Waals surface area contributed by atoms with E-state index < -0.39 is 52.5 Å². The summed E-state index contributed by atoms with van der Waals surface area (Å²) in [6.07, 6.45) is 0.470. The molecular formula is C20H12Br3F4O6-. The number of ether oxygens (including phenoxy) is 2. The van der Waals surface area contributed by atoms with Crippen LogP contribution < -0.4 is 9.84 Å². The van der Waals surface area contributed by atoms with Crippen molar-refractivity contribution in [1.82, 2.24) is 0 Å². The lowest BCUT2D eigenvalue weighted by molar-refractivity contribution is -0.255. The van der Waals surface area contributed by atoms with Gasteiger partial charge in [0, 0.05) is 19.8 Å². The molecule has 0 saturated carbocycles. The lowest BCUT2D eigenvalue weighted by atomic mass is 10.1. The minimum Gasteiger partial charge on any atom is -0.545 e. The van der Waals surface area contributed by atoms with Gasteiger partial charge in [0.05, 0.1) is 23.7 Å². The third-order valence-electron chi connectivity index (χ3n) is 4.11. The molecule has 0 unspecified atom stereocenters. The largest absolute Gasteiger partial charge is 0.545 e. The van der Waals surface area contributed by atoms with E-state index in [9.17, 15) is 37.1 Å². The van der Waals surface area contributed by atoms with Crippen LogP contribution in [0.25, 0.3) is 0 Å². The molecule has 0 fully saturated rings. The van der Waals surface area contributed by atoms with Crippen LogP contribution in [0.15, 0.2) is 25.6 Å². The Balaban J connectivity index is 1.83. The summed E-state index contributed by atoms with van der Waals surface area (Å²) in [7, 11) is 0. The normalized spacial score (nSPS) is 10.8. The molecule has 0 saturated heterocycles. The number of carboxylic acids is 1. The summed E-state index contributed by atoms with van der Waals surface area (Å²) in [6, 6.07) is 3.30. The number of benzene rings is 2. The van der Waals surface area contributed by atoms with Gasteiger partial charge >= 0.3 is 11.9 Å². The summed E-state index contributed by atoms with van der Waals surface area (Å²) in [5, 5.41) is 10.6. The fourth-order valence-corrected chi connectivity index (χ4v) is 4.16. The monoisotopic (exact) mass is 661 g/mol. The fourth-order valence-electron chi connectivity index (χ4n) is 2.54. The van der Waals surface area contributed by atoms with Gasteiger partial charge in [-0.15, -0.1) is 0 Å². The van der Waals surface area contributed by atoms with Crippen molar-refractivity contribution in [3.63, 3.8) is 0 Å². The molecule has 0 atom stereocenters. The zero-order chi connectivity index (χ0) is 24.9. The number of carboxylic acid groups (broad SMARTS) is 1. The molecule has 0 aliphatic carbocycles. The van der Waals surface area contributed by atoms with Crippen molar-refractivity contribution in [3.8, 4) is 5.75 Å². The number of carbonyl (C=O) groups is 3. The van der Waals surface area contributed by atoms with Crippen molar-refractivity contribution in [2.75, 3.05) is 6.61 Å². The van der Waals surface area contributed by atoms with E-state index in [1.165, 1.54) is 0 Å². The molecule has 0 N–H and O–H groups in total. The van der Waals surface area contributed by atoms with Gasteiger partial charge in [-0.05, 0) is 63.3 Å². The maximum Gasteiger partial charge on any atom is 0.339 e. The van der Waals surface area contributed by atoms with Crippen LogP contribution in [0.3, 0.4) is 0 Å². The van der Waals surface area contributed by atoms with Crippen molar-refractivity contribution >= 4 is 65.7 Å². The summed E-state index contributed by atoms with van der Waals surface area (Å²) in [6.45, 7) is 0.0226. The fraction of sp³-hybridized carbons (Fsp3) is 0.250. The second kappa shape index (κ2) is 11.9. The maximum atomic E-state index is 13.8. The molecular weight excluding hydrogens is 652 g/mol. The maximum absolute atomic E-state index is 13.8. The summed E-state index contributed by atoms with van der Waals surface area (Å²) >= 11 is 9.82. The predicted octanol–water partition coefficient (Wildman–Crippen LogP) is 5.22. The highest BCUT2D eigenvalue weighted by atomic mass is 79.9. The second-order valence-corrected chi connectivity index (χ2v) is 8.98. The molecule has 6 nitrogen and oxygen atoms in total. The van der Waals surface area contributed by atoms with Crippen LogP contribution in [0, 0.1) is 23.3 Å². The van der Waals surface area contributed by atoms with Crippen molar-refractivity contribution in [2.24, 2.45) is 0 Å². The summed E-state index contributed by atoms with van der Waals surface area (Å²) in [5.41, 5.74) is -1.66. The van der Waals surface area contributed by atoms with Crippen LogP contribution in [0.4, 0.5) is 17.6 Å². The molecule has 2 rings (SSSR count). The molecule has 0 amide bonds. The quantitative estimate of drug-likeness (QED) is 0.120. The first-order chi connectivity index (χ1) is 15.5. The van der Waals surface area contributed by atoms with Gasteiger partial charge in [-0.1, -0.05) is 15.9 Å². The highest BCUT2D eigenvalue weighted by Crippen LogP contribution is 2.32. The van der Waals surface area contributed by atoms with Gasteiger partial charge in [0.1, 0.15) is 0 Å². The molecule has 2 aromatic carbocycles. The Morgan fingerprint density at radius 3 is 2.06 bits per heavy atom. The topological polar surface area (TPSA) is 92.7 Å². The Bertz CT molecular complexity index is 1080. The summed E-state index contributed by atoms with van der Waals surface area (Å²) in [4.78, 5) is 34.5. The number of carbonyl (C=O) groups excluding carboxylic acids is 3. The van der Waals surface area contributed by atoms with Crippen LogP contribution in [0.2, 0.25) is 0 Å². The van der Waals surface area contributed by atoms with Gasteiger partial charge < -0.3 is 19.4 Å². The van der Waals surface area contributed by atoms with Crippen LogP contribution in [-0.4, -0.2) is 24.5 Å². The Morgan fingerprint density at radius 1 is 0.879 bits per heavy atom. The molecule has 0 radical (unpaired) electrons. The van der Waals surface area contributed by atoms with E-state index in [0.717, 1.165) is 0 Å². The van der Waals surface area contributed by atoms with Crippen LogP contribution in [-0.2, 0) is 9.53 Å². The molecule has 13 heteroatoms. The average molecular weight is 664 g/mol. The highest BCUT2D eigenvalue weighted by Gasteiger charge is 2.28. The van der Waals surface area contributed by atoms with E-state index in [4.69, 9.17) is 4.74 Å². The first-order valence-corrected chi connectivity index (χ1v) is 11.4. The molecule has 2 aromatic rings. The molecule has 178 valence electrons. The third-order valence-corrected chi connectivity index (χ3v) is 6.58. The lowest BCUT2D eigenvalue weighted by Crippen LogP contribution is -2.27. The number of unbranched alkanes of at least 4 members (excludes halogenated alkanes) is 2. The molecule has 0 aromatic heterocycles. The molecule has 0 aliphatic rings. The van der Waals surface area contributed by atoms with E-state index in [1.807, 2.05) is 0 Å². The Labute approximate surface area is 209 Å². The SMILES string of the molecule is O=C(CCCCCOC(=O)c1cc(Br)cc(Br)c1Br)Oc1c(F)c(F)c(C(=O)[O-])c(F)c1F. The summed E-state index contributed by atoms with van der Waals surface area (Å²) in [5.74, 6) is -14.8. The third kappa shape index (κ3) is 6.76. The minimum atomic E-state index is -2.47. The van der Waals surface area contributed by atoms with Gasteiger partial charge in [-0.2, -0.15) is 8.78 Å². The van der Waals surface area contributed by atoms with Crippen molar-refractivity contribution in [3.05, 3.63) is 59.9 Å². The zero-order valence-corrected chi connectivity index (χ0v) is 21.0. The van der Waals surface area contributed by atoms with Gasteiger partial charge in [-0.25, -0.2) is 13.6 Å². The molecule has 0 aliphatic heterocycles. The van der Waals surface area contributed by atoms with Crippen molar-refractivity contribution in [1.29, 1.82) is 0 Å². The first-order valence-electron chi connectivity index (χ1n) is 9.05. The van der Waals surface area contributed by atoms with Gasteiger partial charge in [-0.3, -0.25) is 4.79 Å². The molecule has 0 spiro atoms. The molecule has 0 bridgehead atoms. The van der Waals surface area contributed by atoms with Crippen LogP contribution >= 0.6 is 47.8 Å². The predicted molar refractivity (Wildman–Crippen MR) is 115 cm³/mol. The van der Waals surface area contributed by atoms with E-state index in [1.54, 1.807) is 12.1 Å². The van der Waals surface area contributed by atoms with E-state index in [-0.39, 0.29) is 25.0 Å². The zero-order valence-electron chi connectivity index (χ0n) is 16.3. The molecule has 33 heavy (non-hydrogen) atoms. The standard InChI is InChI=1S/C20H13Br3F4O6/c21-8-6-9(13(23)10(22)7-8)20(31)32-5-3-1-2-4-11(28)33-18-16(26)14(24)12(19(29)30)15(25)17(18)27/h6-7H,1-5H2,(H,29,30)/p-1. The second-order valence-electron chi connectivity index (χ2n) is 6.42. The highest BCUT2D eigenvalue weighted by molar-refractivity contribution is 9.13. The van der Waals surface area contributed by atoms with Crippen molar-refractivity contribution in [2.45, 2.75) is 25.7 Å². The average Bonchev–Trinajstić information content (AvgIpc) is 2.74. The van der Waals surface area contributed by atoms with E-state index in [0.29, 0.717) is 26.3 Å². The van der Waals surface area contributed by atoms with Gasteiger partial charge in [0.25, 0.3) is 0 Å². The van der Waals surface area contributed by atoms with Crippen LogP contribution in [0.5, 0.6) is 5.75 Å². The Kier molecular flexibility index (Phi) is 9.85. The Morgan fingerprint density at radius 2 is 1.48 bits per heavy atom. The number of esters is 2. The number of hydrogen-bond acceptors (Lipinski definition) is 6. The van der Waals surface area contributed by atoms with Gasteiger partial charge in [0.15, 0.2) is 11.6 Å². The number of halogens is 7. The van der Waals surface area contributed by atoms with Crippen molar-refractivity contribution < 1.29 is 46.5 Å². The number of rotatable bonds is 9. The number of aromatic carboxylic acids is 1. The minimum absolute atomic E-state index is 0.0226. The number of hydrogen-bond donors (Lipinski definition) is 0. The van der Waals surface area contributed by atoms with E-state index in [2.05, 4.69) is 52.5 Å². The molecule has 0 heterocycles.